The summed E-state index contributed by atoms with van der Waals surface area (Å²) in [6.45, 7) is 8.42. The van der Waals surface area contributed by atoms with Crippen LogP contribution in [0.25, 0.3) is 0 Å². The summed E-state index contributed by atoms with van der Waals surface area (Å²) in [6, 6.07) is 0. The number of hydrogen-bond acceptors (Lipinski definition) is 6. The standard InChI is InChI=1S/C24H42O6/c1-11-25-12-2-21(1)5-15-27-19-23(7-9-24(10-8-23)29-17-18-30-24)20-28-16-6-22-3-13-26-14-4-22/h21-22H,1-20H2. The normalized spacial score (nSPS) is 27.6. The van der Waals surface area contributed by atoms with Crippen LogP contribution in [-0.4, -0.2) is 71.9 Å². The highest BCUT2D eigenvalue weighted by Crippen LogP contribution is 2.45. The van der Waals surface area contributed by atoms with E-state index in [9.17, 15) is 0 Å². The van der Waals surface area contributed by atoms with Gasteiger partial charge in [0.05, 0.1) is 26.4 Å². The fourth-order valence-electron chi connectivity index (χ4n) is 5.42. The SMILES string of the molecule is C1CC(CCOCC2(COCCC3CCOCC3)CCC3(CC2)OCCO3)CCO1. The summed E-state index contributed by atoms with van der Waals surface area (Å²) in [5.41, 5.74) is 0.103. The van der Waals surface area contributed by atoms with Crippen LogP contribution in [0.5, 0.6) is 0 Å². The molecule has 4 aliphatic rings. The summed E-state index contributed by atoms with van der Waals surface area (Å²) in [6.07, 6.45) is 11.1. The molecule has 3 aliphatic heterocycles. The summed E-state index contributed by atoms with van der Waals surface area (Å²) in [5.74, 6) is 1.20. The van der Waals surface area contributed by atoms with Crippen LogP contribution in [0, 0.1) is 17.3 Å². The molecular weight excluding hydrogens is 384 g/mol. The van der Waals surface area contributed by atoms with Crippen molar-refractivity contribution >= 4 is 0 Å². The highest BCUT2D eigenvalue weighted by atomic mass is 16.7. The van der Waals surface area contributed by atoms with Gasteiger partial charge in [0, 0.05) is 57.9 Å². The highest BCUT2D eigenvalue weighted by Gasteiger charge is 2.46. The average Bonchev–Trinajstić information content (AvgIpc) is 3.26. The first kappa shape index (κ1) is 22.9. The first-order chi connectivity index (χ1) is 14.8. The Morgan fingerprint density at radius 2 is 1.07 bits per heavy atom. The van der Waals surface area contributed by atoms with Gasteiger partial charge >= 0.3 is 0 Å². The van der Waals surface area contributed by atoms with Gasteiger partial charge in [0.2, 0.25) is 0 Å². The molecule has 0 bridgehead atoms. The van der Waals surface area contributed by atoms with Gasteiger partial charge in [0.15, 0.2) is 5.79 Å². The van der Waals surface area contributed by atoms with E-state index < -0.39 is 0 Å². The molecule has 6 nitrogen and oxygen atoms in total. The van der Waals surface area contributed by atoms with Gasteiger partial charge in [-0.1, -0.05) is 0 Å². The number of hydrogen-bond donors (Lipinski definition) is 0. The van der Waals surface area contributed by atoms with Crippen molar-refractivity contribution in [1.82, 2.24) is 0 Å². The summed E-state index contributed by atoms with van der Waals surface area (Å²) < 4.78 is 35.4. The molecule has 0 amide bonds. The molecule has 0 radical (unpaired) electrons. The molecule has 0 aromatic rings. The lowest BCUT2D eigenvalue weighted by molar-refractivity contribution is -0.202. The third-order valence-corrected chi connectivity index (χ3v) is 7.73. The molecule has 0 aromatic heterocycles. The van der Waals surface area contributed by atoms with Crippen LogP contribution in [0.1, 0.15) is 64.2 Å². The van der Waals surface area contributed by atoms with E-state index in [0.29, 0.717) is 0 Å². The second-order valence-corrected chi connectivity index (χ2v) is 9.90. The topological polar surface area (TPSA) is 55.4 Å². The maximum atomic E-state index is 6.26. The van der Waals surface area contributed by atoms with Gasteiger partial charge in [0.1, 0.15) is 0 Å². The third-order valence-electron chi connectivity index (χ3n) is 7.73. The molecular formula is C24H42O6. The Balaban J connectivity index is 1.21. The van der Waals surface area contributed by atoms with Crippen molar-refractivity contribution in [1.29, 1.82) is 0 Å². The number of ether oxygens (including phenoxy) is 6. The summed E-state index contributed by atoms with van der Waals surface area (Å²) in [5, 5.41) is 0. The first-order valence-corrected chi connectivity index (χ1v) is 12.4. The Morgan fingerprint density at radius 3 is 1.53 bits per heavy atom. The van der Waals surface area contributed by atoms with Crippen LogP contribution < -0.4 is 0 Å². The van der Waals surface area contributed by atoms with E-state index in [4.69, 9.17) is 28.4 Å². The lowest BCUT2D eigenvalue weighted by Crippen LogP contribution is -2.44. The van der Waals surface area contributed by atoms with E-state index in [1.807, 2.05) is 0 Å². The van der Waals surface area contributed by atoms with Crippen molar-refractivity contribution in [3.8, 4) is 0 Å². The highest BCUT2D eigenvalue weighted by molar-refractivity contribution is 4.91. The Bertz CT molecular complexity index is 442. The van der Waals surface area contributed by atoms with Crippen LogP contribution in [0.15, 0.2) is 0 Å². The Hall–Kier alpha value is -0.240. The van der Waals surface area contributed by atoms with Crippen molar-refractivity contribution in [3.63, 3.8) is 0 Å². The summed E-state index contributed by atoms with van der Waals surface area (Å²) in [4.78, 5) is 0. The summed E-state index contributed by atoms with van der Waals surface area (Å²) >= 11 is 0. The second-order valence-electron chi connectivity index (χ2n) is 9.90. The summed E-state index contributed by atoms with van der Waals surface area (Å²) in [7, 11) is 0. The fourth-order valence-corrected chi connectivity index (χ4v) is 5.42. The van der Waals surface area contributed by atoms with E-state index >= 15 is 0 Å². The molecule has 3 saturated heterocycles. The van der Waals surface area contributed by atoms with Gasteiger partial charge in [-0.3, -0.25) is 0 Å². The van der Waals surface area contributed by atoms with E-state index in [0.717, 1.165) is 116 Å². The van der Waals surface area contributed by atoms with E-state index in [-0.39, 0.29) is 11.2 Å². The van der Waals surface area contributed by atoms with Gasteiger partial charge < -0.3 is 28.4 Å². The van der Waals surface area contributed by atoms with Gasteiger partial charge in [-0.05, 0) is 63.2 Å². The molecule has 0 atom stereocenters. The quantitative estimate of drug-likeness (QED) is 0.493. The second kappa shape index (κ2) is 11.6. The molecule has 3 heterocycles. The van der Waals surface area contributed by atoms with Crippen molar-refractivity contribution in [2.24, 2.45) is 17.3 Å². The van der Waals surface area contributed by atoms with Crippen LogP contribution >= 0.6 is 0 Å². The zero-order valence-corrected chi connectivity index (χ0v) is 18.7. The molecule has 0 unspecified atom stereocenters. The fraction of sp³-hybridized carbons (Fsp3) is 1.00. The maximum Gasteiger partial charge on any atom is 0.168 e. The van der Waals surface area contributed by atoms with Crippen LogP contribution in [-0.2, 0) is 28.4 Å². The van der Waals surface area contributed by atoms with Crippen molar-refractivity contribution < 1.29 is 28.4 Å². The van der Waals surface area contributed by atoms with E-state index in [1.165, 1.54) is 25.7 Å². The molecule has 1 saturated carbocycles. The first-order valence-electron chi connectivity index (χ1n) is 12.4. The zero-order valence-electron chi connectivity index (χ0n) is 18.7. The molecule has 0 aromatic carbocycles. The molecule has 4 fully saturated rings. The monoisotopic (exact) mass is 426 g/mol. The Kier molecular flexibility index (Phi) is 8.85. The van der Waals surface area contributed by atoms with Crippen LogP contribution in [0.2, 0.25) is 0 Å². The molecule has 1 aliphatic carbocycles. The van der Waals surface area contributed by atoms with Gasteiger partial charge in [-0.2, -0.15) is 0 Å². The minimum atomic E-state index is -0.326. The number of rotatable bonds is 10. The molecule has 0 N–H and O–H groups in total. The third kappa shape index (κ3) is 6.63. The zero-order chi connectivity index (χ0) is 20.5. The molecule has 1 spiro atoms. The molecule has 4 rings (SSSR count). The predicted octanol–water partition coefficient (Wildman–Crippen LogP) is 3.96. The Morgan fingerprint density at radius 1 is 0.600 bits per heavy atom. The van der Waals surface area contributed by atoms with Crippen LogP contribution in [0.4, 0.5) is 0 Å². The average molecular weight is 427 g/mol. The lowest BCUT2D eigenvalue weighted by Gasteiger charge is -2.43. The van der Waals surface area contributed by atoms with Gasteiger partial charge in [0.25, 0.3) is 0 Å². The lowest BCUT2D eigenvalue weighted by atomic mass is 9.73. The molecule has 30 heavy (non-hydrogen) atoms. The van der Waals surface area contributed by atoms with E-state index in [2.05, 4.69) is 0 Å². The van der Waals surface area contributed by atoms with Crippen molar-refractivity contribution in [2.75, 3.05) is 66.1 Å². The minimum Gasteiger partial charge on any atom is -0.381 e. The van der Waals surface area contributed by atoms with Crippen molar-refractivity contribution in [3.05, 3.63) is 0 Å². The van der Waals surface area contributed by atoms with Gasteiger partial charge in [-0.15, -0.1) is 0 Å². The maximum absolute atomic E-state index is 6.26. The largest absolute Gasteiger partial charge is 0.381 e. The molecule has 6 heteroatoms. The molecule has 174 valence electrons. The van der Waals surface area contributed by atoms with Gasteiger partial charge in [-0.25, -0.2) is 0 Å². The van der Waals surface area contributed by atoms with Crippen molar-refractivity contribution in [2.45, 2.75) is 70.0 Å². The minimum absolute atomic E-state index is 0.103. The Labute approximate surface area is 182 Å². The van der Waals surface area contributed by atoms with Crippen LogP contribution in [0.3, 0.4) is 0 Å². The smallest absolute Gasteiger partial charge is 0.168 e. The van der Waals surface area contributed by atoms with E-state index in [1.54, 1.807) is 0 Å². The predicted molar refractivity (Wildman–Crippen MR) is 113 cm³/mol.